The van der Waals surface area contributed by atoms with Gasteiger partial charge in [-0.15, -0.1) is 0 Å². The van der Waals surface area contributed by atoms with Crippen LogP contribution >= 0.6 is 0 Å². The van der Waals surface area contributed by atoms with Crippen molar-refractivity contribution in [2.24, 2.45) is 0 Å². The molecule has 1 aromatic rings. The molecule has 128 valence electrons. The van der Waals surface area contributed by atoms with Crippen LogP contribution in [0.5, 0.6) is 0 Å². The van der Waals surface area contributed by atoms with Crippen molar-refractivity contribution in [3.05, 3.63) is 35.4 Å². The van der Waals surface area contributed by atoms with Gasteiger partial charge >= 0.3 is 0 Å². The number of sulfonamides is 1. The van der Waals surface area contributed by atoms with Gasteiger partial charge in [0.1, 0.15) is 0 Å². The van der Waals surface area contributed by atoms with Gasteiger partial charge in [0, 0.05) is 31.4 Å². The van der Waals surface area contributed by atoms with E-state index in [9.17, 15) is 13.2 Å². The lowest BCUT2D eigenvalue weighted by molar-refractivity contribution is 0.0786. The fourth-order valence-electron chi connectivity index (χ4n) is 2.00. The molecule has 0 saturated carbocycles. The molecule has 1 amide bonds. The SMILES string of the molecule is C/C=C/c1ccc(NS(C)(=O)=O)cc1C(=O)N(C)CCN(C)C. The van der Waals surface area contributed by atoms with Gasteiger partial charge in [-0.25, -0.2) is 8.42 Å². The molecular weight excluding hydrogens is 314 g/mol. The van der Waals surface area contributed by atoms with Gasteiger partial charge in [-0.1, -0.05) is 18.2 Å². The molecule has 0 radical (unpaired) electrons. The largest absolute Gasteiger partial charge is 0.340 e. The highest BCUT2D eigenvalue weighted by Crippen LogP contribution is 2.20. The van der Waals surface area contributed by atoms with Crippen molar-refractivity contribution < 1.29 is 13.2 Å². The number of hydrogen-bond donors (Lipinski definition) is 1. The van der Waals surface area contributed by atoms with Gasteiger partial charge in [0.2, 0.25) is 10.0 Å². The van der Waals surface area contributed by atoms with E-state index in [4.69, 9.17) is 0 Å². The zero-order chi connectivity index (χ0) is 17.6. The Morgan fingerprint density at radius 2 is 1.87 bits per heavy atom. The van der Waals surface area contributed by atoms with Gasteiger partial charge in [0.05, 0.1) is 6.26 Å². The molecule has 23 heavy (non-hydrogen) atoms. The van der Waals surface area contributed by atoms with Crippen molar-refractivity contribution in [2.45, 2.75) is 6.92 Å². The second-order valence-electron chi connectivity index (χ2n) is 5.71. The summed E-state index contributed by atoms with van der Waals surface area (Å²) < 4.78 is 25.2. The summed E-state index contributed by atoms with van der Waals surface area (Å²) in [7, 11) is 2.24. The number of carbonyl (C=O) groups excluding carboxylic acids is 1. The maximum absolute atomic E-state index is 12.7. The van der Waals surface area contributed by atoms with Crippen LogP contribution in [0, 0.1) is 0 Å². The molecule has 0 aliphatic rings. The summed E-state index contributed by atoms with van der Waals surface area (Å²) in [6.07, 6.45) is 4.75. The third-order valence-corrected chi connectivity index (χ3v) is 3.77. The van der Waals surface area contributed by atoms with E-state index >= 15 is 0 Å². The van der Waals surface area contributed by atoms with Crippen LogP contribution in [0.2, 0.25) is 0 Å². The van der Waals surface area contributed by atoms with Crippen LogP contribution in [0.1, 0.15) is 22.8 Å². The number of likely N-dealkylation sites (N-methyl/N-ethyl adjacent to an activating group) is 2. The Hall–Kier alpha value is -1.86. The van der Waals surface area contributed by atoms with Gasteiger partial charge < -0.3 is 9.80 Å². The van der Waals surface area contributed by atoms with Crippen LogP contribution < -0.4 is 4.72 Å². The molecule has 0 atom stereocenters. The second-order valence-corrected chi connectivity index (χ2v) is 7.45. The van der Waals surface area contributed by atoms with E-state index in [1.807, 2.05) is 38.1 Å². The number of amides is 1. The predicted octanol–water partition coefficient (Wildman–Crippen LogP) is 1.72. The molecule has 0 bridgehead atoms. The van der Waals surface area contributed by atoms with Crippen LogP contribution in [-0.2, 0) is 10.0 Å². The first-order valence-corrected chi connectivity index (χ1v) is 9.18. The molecule has 0 fully saturated rings. The first-order chi connectivity index (χ1) is 10.6. The Labute approximate surface area is 138 Å². The number of anilines is 1. The summed E-state index contributed by atoms with van der Waals surface area (Å²) in [5.74, 6) is -0.142. The maximum atomic E-state index is 12.7. The molecule has 0 aliphatic heterocycles. The summed E-state index contributed by atoms with van der Waals surface area (Å²) in [5.41, 5.74) is 1.61. The molecule has 6 nitrogen and oxygen atoms in total. The molecule has 0 saturated heterocycles. The van der Waals surface area contributed by atoms with Crippen LogP contribution in [0.4, 0.5) is 5.69 Å². The zero-order valence-electron chi connectivity index (χ0n) is 14.3. The van der Waals surface area contributed by atoms with E-state index in [1.54, 1.807) is 30.1 Å². The molecule has 0 aliphatic carbocycles. The van der Waals surface area contributed by atoms with Crippen molar-refractivity contribution >= 4 is 27.7 Å². The summed E-state index contributed by atoms with van der Waals surface area (Å²) in [4.78, 5) is 16.3. The average Bonchev–Trinajstić information content (AvgIpc) is 2.44. The molecular formula is C16H25N3O3S. The Kier molecular flexibility index (Phi) is 6.78. The Morgan fingerprint density at radius 1 is 1.22 bits per heavy atom. The lowest BCUT2D eigenvalue weighted by Gasteiger charge is -2.21. The Balaban J connectivity index is 3.13. The average molecular weight is 339 g/mol. The summed E-state index contributed by atoms with van der Waals surface area (Å²) in [6.45, 7) is 3.21. The van der Waals surface area contributed by atoms with Gasteiger partial charge in [0.25, 0.3) is 5.91 Å². The van der Waals surface area contributed by atoms with E-state index < -0.39 is 10.0 Å². The second kappa shape index (κ2) is 8.12. The highest BCUT2D eigenvalue weighted by atomic mass is 32.2. The van der Waals surface area contributed by atoms with Crippen molar-refractivity contribution in [1.29, 1.82) is 0 Å². The van der Waals surface area contributed by atoms with Crippen LogP contribution in [0.3, 0.4) is 0 Å². The first-order valence-electron chi connectivity index (χ1n) is 7.28. The van der Waals surface area contributed by atoms with Crippen molar-refractivity contribution in [3.63, 3.8) is 0 Å². The normalized spacial score (nSPS) is 11.9. The predicted molar refractivity (Wildman–Crippen MR) is 95.1 cm³/mol. The fraction of sp³-hybridized carbons (Fsp3) is 0.438. The monoisotopic (exact) mass is 339 g/mol. The molecule has 1 aromatic carbocycles. The summed E-state index contributed by atoms with van der Waals surface area (Å²) in [6, 6.07) is 4.96. The van der Waals surface area contributed by atoms with Crippen molar-refractivity contribution in [1.82, 2.24) is 9.80 Å². The van der Waals surface area contributed by atoms with Crippen molar-refractivity contribution in [2.75, 3.05) is 45.2 Å². The number of rotatable bonds is 7. The molecule has 1 N–H and O–H groups in total. The first kappa shape index (κ1) is 19.2. The quantitative estimate of drug-likeness (QED) is 0.821. The number of allylic oxidation sites excluding steroid dienone is 1. The fourth-order valence-corrected chi connectivity index (χ4v) is 2.56. The molecule has 0 spiro atoms. The highest BCUT2D eigenvalue weighted by Gasteiger charge is 2.16. The van der Waals surface area contributed by atoms with Crippen LogP contribution in [0.25, 0.3) is 6.08 Å². The van der Waals surface area contributed by atoms with E-state index in [1.165, 1.54) is 0 Å². The number of benzene rings is 1. The molecule has 0 aromatic heterocycles. The Bertz CT molecular complexity index is 682. The Morgan fingerprint density at radius 3 is 2.39 bits per heavy atom. The van der Waals surface area contributed by atoms with Gasteiger partial charge in [-0.2, -0.15) is 0 Å². The lowest BCUT2D eigenvalue weighted by Crippen LogP contribution is -2.33. The van der Waals surface area contributed by atoms with E-state index in [0.29, 0.717) is 17.8 Å². The molecule has 1 rings (SSSR count). The number of nitrogens with one attached hydrogen (secondary N) is 1. The van der Waals surface area contributed by atoms with E-state index in [0.717, 1.165) is 18.4 Å². The summed E-state index contributed by atoms with van der Waals surface area (Å²) in [5, 5.41) is 0. The standard InChI is InChI=1S/C16H25N3O3S/c1-6-7-13-8-9-14(17-23(5,21)22)12-15(13)16(20)19(4)11-10-18(2)3/h6-9,12,17H,10-11H2,1-5H3/b7-6+. The van der Waals surface area contributed by atoms with Gasteiger partial charge in [-0.05, 0) is 38.7 Å². The number of nitrogens with zero attached hydrogens (tertiary/aromatic N) is 2. The van der Waals surface area contributed by atoms with Crippen molar-refractivity contribution in [3.8, 4) is 0 Å². The minimum atomic E-state index is -3.39. The third kappa shape index (κ3) is 6.42. The number of carbonyl (C=O) groups is 1. The molecule has 0 heterocycles. The van der Waals surface area contributed by atoms with Crippen LogP contribution in [0.15, 0.2) is 24.3 Å². The highest BCUT2D eigenvalue weighted by molar-refractivity contribution is 7.92. The van der Waals surface area contributed by atoms with Gasteiger partial charge in [-0.3, -0.25) is 9.52 Å². The van der Waals surface area contributed by atoms with Gasteiger partial charge in [0.15, 0.2) is 0 Å². The van der Waals surface area contributed by atoms with Crippen LogP contribution in [-0.4, -0.2) is 64.6 Å². The summed E-state index contributed by atoms with van der Waals surface area (Å²) >= 11 is 0. The lowest BCUT2D eigenvalue weighted by atomic mass is 10.0. The zero-order valence-corrected chi connectivity index (χ0v) is 15.1. The third-order valence-electron chi connectivity index (χ3n) is 3.16. The minimum Gasteiger partial charge on any atom is -0.340 e. The molecule has 0 unspecified atom stereocenters. The smallest absolute Gasteiger partial charge is 0.254 e. The minimum absolute atomic E-state index is 0.142. The molecule has 7 heteroatoms. The van der Waals surface area contributed by atoms with E-state index in [2.05, 4.69) is 4.72 Å². The van der Waals surface area contributed by atoms with E-state index in [-0.39, 0.29) is 5.91 Å². The maximum Gasteiger partial charge on any atom is 0.254 e. The topological polar surface area (TPSA) is 69.7 Å². The number of hydrogen-bond acceptors (Lipinski definition) is 4.